The van der Waals surface area contributed by atoms with E-state index in [0.29, 0.717) is 17.3 Å². The van der Waals surface area contributed by atoms with Crippen molar-refractivity contribution in [1.29, 1.82) is 0 Å². The zero-order chi connectivity index (χ0) is 22.3. The molecule has 0 aliphatic carbocycles. The van der Waals surface area contributed by atoms with E-state index in [0.717, 1.165) is 45.6 Å². The average molecular weight is 444 g/mol. The fourth-order valence-corrected chi connectivity index (χ4v) is 3.90. The lowest BCUT2D eigenvalue weighted by Gasteiger charge is -2.36. The lowest BCUT2D eigenvalue weighted by molar-refractivity contribution is -0.134. The number of hydrogen-bond donors (Lipinski definition) is 1. The van der Waals surface area contributed by atoms with Crippen LogP contribution in [0.3, 0.4) is 0 Å². The molecule has 1 heterocycles. The summed E-state index contributed by atoms with van der Waals surface area (Å²) in [5, 5.41) is 3.65. The molecular formula is C25H34ClN3O2. The predicted molar refractivity (Wildman–Crippen MR) is 128 cm³/mol. The summed E-state index contributed by atoms with van der Waals surface area (Å²) in [5.41, 5.74) is 1.70. The fourth-order valence-electron chi connectivity index (χ4n) is 3.77. The molecule has 0 saturated carbocycles. The van der Waals surface area contributed by atoms with Gasteiger partial charge in [-0.15, -0.1) is 0 Å². The molecule has 1 N–H and O–H groups in total. The Labute approximate surface area is 191 Å². The molecule has 2 aromatic carbocycles. The van der Waals surface area contributed by atoms with Gasteiger partial charge in [0.1, 0.15) is 5.75 Å². The monoisotopic (exact) mass is 443 g/mol. The number of carbonyl (C=O) groups excluding carboxylic acids is 1. The zero-order valence-electron chi connectivity index (χ0n) is 18.9. The highest BCUT2D eigenvalue weighted by molar-refractivity contribution is 6.30. The van der Waals surface area contributed by atoms with Gasteiger partial charge in [-0.3, -0.25) is 9.69 Å². The van der Waals surface area contributed by atoms with E-state index in [1.807, 2.05) is 0 Å². The van der Waals surface area contributed by atoms with Crippen LogP contribution in [-0.4, -0.2) is 55.7 Å². The highest BCUT2D eigenvalue weighted by atomic mass is 35.5. The minimum Gasteiger partial charge on any atom is -0.478 e. The van der Waals surface area contributed by atoms with Gasteiger partial charge in [0.2, 0.25) is 0 Å². The van der Waals surface area contributed by atoms with Crippen LogP contribution in [0.2, 0.25) is 5.02 Å². The Balaban J connectivity index is 1.31. The van der Waals surface area contributed by atoms with Crippen LogP contribution in [0.15, 0.2) is 48.5 Å². The van der Waals surface area contributed by atoms with Crippen molar-refractivity contribution in [3.05, 3.63) is 59.1 Å². The van der Waals surface area contributed by atoms with Crippen LogP contribution in [0.1, 0.15) is 32.3 Å². The lowest BCUT2D eigenvalue weighted by Crippen LogP contribution is -2.47. The van der Waals surface area contributed by atoms with E-state index in [9.17, 15) is 4.79 Å². The SMILES string of the molecule is Cc1cccc(N2CCN(CCCCNC(=O)C(C)(C)Oc3ccc(Cl)cc3)CC2)c1. The maximum atomic E-state index is 12.5. The Morgan fingerprint density at radius 1 is 1.06 bits per heavy atom. The van der Waals surface area contributed by atoms with Gasteiger partial charge in [0.15, 0.2) is 5.60 Å². The third kappa shape index (κ3) is 7.15. The third-order valence-electron chi connectivity index (χ3n) is 5.66. The molecular weight excluding hydrogens is 410 g/mol. The van der Waals surface area contributed by atoms with Gasteiger partial charge in [-0.2, -0.15) is 0 Å². The predicted octanol–water partition coefficient (Wildman–Crippen LogP) is 4.52. The molecule has 3 rings (SSSR count). The molecule has 1 amide bonds. The summed E-state index contributed by atoms with van der Waals surface area (Å²) >= 11 is 5.90. The number of halogens is 1. The van der Waals surface area contributed by atoms with E-state index in [1.54, 1.807) is 38.1 Å². The van der Waals surface area contributed by atoms with E-state index in [4.69, 9.17) is 16.3 Å². The summed E-state index contributed by atoms with van der Waals surface area (Å²) in [6, 6.07) is 15.8. The van der Waals surface area contributed by atoms with Crippen molar-refractivity contribution in [2.45, 2.75) is 39.2 Å². The molecule has 0 bridgehead atoms. The normalized spacial score (nSPS) is 15.0. The lowest BCUT2D eigenvalue weighted by atomic mass is 10.1. The van der Waals surface area contributed by atoms with Crippen LogP contribution >= 0.6 is 11.6 Å². The van der Waals surface area contributed by atoms with Crippen LogP contribution < -0.4 is 15.0 Å². The van der Waals surface area contributed by atoms with E-state index in [1.165, 1.54) is 11.3 Å². The smallest absolute Gasteiger partial charge is 0.263 e. The number of unbranched alkanes of at least 4 members (excludes halogenated alkanes) is 1. The number of hydrogen-bond acceptors (Lipinski definition) is 4. The van der Waals surface area contributed by atoms with Gasteiger partial charge in [0.05, 0.1) is 0 Å². The topological polar surface area (TPSA) is 44.8 Å². The van der Waals surface area contributed by atoms with E-state index < -0.39 is 5.60 Å². The molecule has 6 heteroatoms. The largest absolute Gasteiger partial charge is 0.478 e. The minimum atomic E-state index is -0.931. The van der Waals surface area contributed by atoms with Gasteiger partial charge in [-0.05, 0) is 82.1 Å². The van der Waals surface area contributed by atoms with Crippen LogP contribution in [-0.2, 0) is 4.79 Å². The molecule has 1 fully saturated rings. The van der Waals surface area contributed by atoms with Crippen molar-refractivity contribution in [3.8, 4) is 5.75 Å². The van der Waals surface area contributed by atoms with Gasteiger partial charge in [0, 0.05) is 43.4 Å². The third-order valence-corrected chi connectivity index (χ3v) is 5.91. The highest BCUT2D eigenvalue weighted by Gasteiger charge is 2.29. The molecule has 1 aliphatic rings. The van der Waals surface area contributed by atoms with E-state index in [-0.39, 0.29) is 5.91 Å². The summed E-state index contributed by atoms with van der Waals surface area (Å²) < 4.78 is 5.84. The molecule has 1 aliphatic heterocycles. The summed E-state index contributed by atoms with van der Waals surface area (Å²) in [6.07, 6.45) is 2.03. The van der Waals surface area contributed by atoms with Crippen molar-refractivity contribution < 1.29 is 9.53 Å². The Morgan fingerprint density at radius 3 is 2.45 bits per heavy atom. The molecule has 0 radical (unpaired) electrons. The standard InChI is InChI=1S/C25H34ClN3O2/c1-20-7-6-8-22(19-20)29-17-15-28(16-18-29)14-5-4-13-27-24(30)25(2,3)31-23-11-9-21(26)10-12-23/h6-12,19H,4-5,13-18H2,1-3H3,(H,27,30). The molecule has 5 nitrogen and oxygen atoms in total. The first-order valence-corrected chi connectivity index (χ1v) is 11.5. The molecule has 31 heavy (non-hydrogen) atoms. The molecule has 1 saturated heterocycles. The van der Waals surface area contributed by atoms with Crippen molar-refractivity contribution in [1.82, 2.24) is 10.2 Å². The number of nitrogens with zero attached hydrogens (tertiary/aromatic N) is 2. The number of rotatable bonds is 9. The van der Waals surface area contributed by atoms with Crippen molar-refractivity contribution in [2.24, 2.45) is 0 Å². The number of anilines is 1. The van der Waals surface area contributed by atoms with Crippen LogP contribution in [0.25, 0.3) is 0 Å². The molecule has 0 aromatic heterocycles. The summed E-state index contributed by atoms with van der Waals surface area (Å²) in [4.78, 5) is 17.5. The summed E-state index contributed by atoms with van der Waals surface area (Å²) in [7, 11) is 0. The number of aryl methyl sites for hydroxylation is 1. The molecule has 2 aromatic rings. The Morgan fingerprint density at radius 2 is 1.77 bits per heavy atom. The van der Waals surface area contributed by atoms with Crippen molar-refractivity contribution >= 4 is 23.2 Å². The molecule has 0 atom stereocenters. The van der Waals surface area contributed by atoms with Gasteiger partial charge in [-0.25, -0.2) is 0 Å². The highest BCUT2D eigenvalue weighted by Crippen LogP contribution is 2.21. The van der Waals surface area contributed by atoms with Gasteiger partial charge in [-0.1, -0.05) is 23.7 Å². The van der Waals surface area contributed by atoms with E-state index in [2.05, 4.69) is 46.3 Å². The van der Waals surface area contributed by atoms with Crippen LogP contribution in [0.4, 0.5) is 5.69 Å². The quantitative estimate of drug-likeness (QED) is 0.578. The Bertz CT molecular complexity index is 846. The summed E-state index contributed by atoms with van der Waals surface area (Å²) in [5.74, 6) is 0.531. The molecule has 168 valence electrons. The van der Waals surface area contributed by atoms with E-state index >= 15 is 0 Å². The second-order valence-electron chi connectivity index (χ2n) is 8.70. The number of nitrogens with one attached hydrogen (secondary N) is 1. The van der Waals surface area contributed by atoms with Crippen molar-refractivity contribution in [2.75, 3.05) is 44.2 Å². The van der Waals surface area contributed by atoms with Crippen LogP contribution in [0.5, 0.6) is 5.75 Å². The second kappa shape index (κ2) is 10.9. The number of benzene rings is 2. The van der Waals surface area contributed by atoms with Gasteiger partial charge >= 0.3 is 0 Å². The first-order chi connectivity index (χ1) is 14.8. The number of amides is 1. The number of ether oxygens (including phenoxy) is 1. The molecule has 0 spiro atoms. The average Bonchev–Trinajstić information content (AvgIpc) is 2.75. The second-order valence-corrected chi connectivity index (χ2v) is 9.13. The fraction of sp³-hybridized carbons (Fsp3) is 0.480. The zero-order valence-corrected chi connectivity index (χ0v) is 19.6. The number of carbonyl (C=O) groups is 1. The minimum absolute atomic E-state index is 0.103. The number of piperazine rings is 1. The van der Waals surface area contributed by atoms with Crippen LogP contribution in [0, 0.1) is 6.92 Å². The van der Waals surface area contributed by atoms with Gasteiger partial charge in [0.25, 0.3) is 5.91 Å². The Kier molecular flexibility index (Phi) is 8.22. The maximum absolute atomic E-state index is 12.5. The molecule has 0 unspecified atom stereocenters. The van der Waals surface area contributed by atoms with Crippen molar-refractivity contribution in [3.63, 3.8) is 0 Å². The first-order valence-electron chi connectivity index (χ1n) is 11.1. The first kappa shape index (κ1) is 23.4. The summed E-state index contributed by atoms with van der Waals surface area (Å²) in [6.45, 7) is 11.7. The van der Waals surface area contributed by atoms with Gasteiger partial charge < -0.3 is 15.0 Å². The Hall–Kier alpha value is -2.24. The maximum Gasteiger partial charge on any atom is 0.263 e.